The Labute approximate surface area is 375 Å². The molecule has 0 aliphatic carbocycles. The zero-order valence-electron chi connectivity index (χ0n) is 35.9. The number of hydrogen-bond acceptors (Lipinski definition) is 20. The molecule has 0 spiro atoms. The molecule has 3 aromatic carbocycles. The van der Waals surface area contributed by atoms with Gasteiger partial charge in [-0.25, -0.2) is 34.1 Å². The van der Waals surface area contributed by atoms with Gasteiger partial charge >= 0.3 is 12.1 Å². The number of carbonyl (C=O) groups is 2. The van der Waals surface area contributed by atoms with Crippen LogP contribution in [0.3, 0.4) is 0 Å². The molecule has 0 radical (unpaired) electrons. The molecular weight excluding hydrogens is 863 g/mol. The number of benzene rings is 3. The molecule has 0 aliphatic heterocycles. The minimum Gasteiger partial charge on any atom is -0.438 e. The van der Waals surface area contributed by atoms with Crippen molar-refractivity contribution in [1.29, 1.82) is 0 Å². The van der Waals surface area contributed by atoms with Crippen LogP contribution < -0.4 is 36.7 Å². The van der Waals surface area contributed by atoms with Crippen molar-refractivity contribution in [3.63, 3.8) is 0 Å². The summed E-state index contributed by atoms with van der Waals surface area (Å²) in [4.78, 5) is 60.8. The Morgan fingerprint density at radius 1 is 0.742 bits per heavy atom. The van der Waals surface area contributed by atoms with Crippen molar-refractivity contribution in [2.45, 2.75) is 13.8 Å². The summed E-state index contributed by atoms with van der Waals surface area (Å²) in [5.41, 5.74) is 19.8. The van der Waals surface area contributed by atoms with E-state index in [1.165, 1.54) is 72.7 Å². The predicted octanol–water partition coefficient (Wildman–Crippen LogP) is 4.63. The Balaban J connectivity index is 0.000000233. The monoisotopic (exact) mass is 907 g/mol. The summed E-state index contributed by atoms with van der Waals surface area (Å²) in [6, 6.07) is 19.0. The van der Waals surface area contributed by atoms with E-state index in [1.807, 2.05) is 13.0 Å². The molecule has 0 saturated carbocycles. The number of aryl methyl sites for hydroxylation is 2. The highest BCUT2D eigenvalue weighted by Crippen LogP contribution is 2.31. The number of carbonyl (C=O) groups excluding carboxylic acids is 2. The Morgan fingerprint density at radius 2 is 1.21 bits per heavy atom. The van der Waals surface area contributed by atoms with Crippen LogP contribution in [-0.2, 0) is 9.68 Å². The van der Waals surface area contributed by atoms with Crippen LogP contribution in [0.4, 0.5) is 26.9 Å². The lowest BCUT2D eigenvalue weighted by atomic mass is 10.2. The van der Waals surface area contributed by atoms with Crippen LogP contribution in [-0.4, -0.2) is 109 Å². The van der Waals surface area contributed by atoms with Crippen LogP contribution in [0.2, 0.25) is 0 Å². The summed E-state index contributed by atoms with van der Waals surface area (Å²) in [6.45, 7) is 4.10. The standard InChI is InChI=1S/C22H18N6O6.C18H20N6O4.C2H7NO/c1-13-9-14-10-17(33-21-18(11-26-32-2)20(23)24-12-25-21)7-8-19(14)27(13)22(29)34-16-5-3-15(4-6-16)28(30)31;1-11-7-12-8-13(3-4-15(12)24(11)18(26)20-5-6-25)28-17-14(9-23-27-2)16(19)21-10-22-17;3-1-2-4/h3-12H,1-2H3,(H2,23,24,25);3-4,7-10,25H,5-6H2,1-2H3,(H,20,26)(H2,19,21,22);4H,1-3H2/b26-11+;23-9+;. The maximum atomic E-state index is 12.8. The molecule has 66 heavy (non-hydrogen) atoms. The van der Waals surface area contributed by atoms with Gasteiger partial charge in [-0.3, -0.25) is 14.7 Å². The molecule has 4 heterocycles. The number of rotatable bonds is 13. The highest BCUT2D eigenvalue weighted by Gasteiger charge is 2.18. The van der Waals surface area contributed by atoms with Crippen molar-refractivity contribution >= 4 is 63.7 Å². The lowest BCUT2D eigenvalue weighted by Gasteiger charge is -2.10. The molecule has 7 aromatic rings. The molecule has 4 aromatic heterocycles. The molecule has 1 amide bonds. The minimum absolute atomic E-state index is 0.0972. The van der Waals surface area contributed by atoms with E-state index in [9.17, 15) is 19.7 Å². The van der Waals surface area contributed by atoms with Gasteiger partial charge in [0, 0.05) is 47.4 Å². The molecule has 0 bridgehead atoms. The minimum atomic E-state index is -0.656. The smallest absolute Gasteiger partial charge is 0.424 e. The number of nitro benzene ring substituents is 1. The fourth-order valence-corrected chi connectivity index (χ4v) is 5.95. The van der Waals surface area contributed by atoms with Gasteiger partial charge in [0.2, 0.25) is 11.8 Å². The SMILES string of the molecule is CO/N=C/c1c(N)ncnc1Oc1ccc2c(c1)cc(C)n2C(=O)NCCO.CO/N=C/c1c(N)ncnc1Oc1ccc2c(c1)cc(C)n2C(=O)Oc1ccc([N+](=O)[O-])cc1.NCCO. The number of fused-ring (bicyclic) bond motifs is 2. The van der Waals surface area contributed by atoms with E-state index >= 15 is 0 Å². The largest absolute Gasteiger partial charge is 0.438 e. The van der Waals surface area contributed by atoms with Gasteiger partial charge in [-0.05, 0) is 74.5 Å². The lowest BCUT2D eigenvalue weighted by molar-refractivity contribution is -0.384. The molecule has 0 fully saturated rings. The summed E-state index contributed by atoms with van der Waals surface area (Å²) in [5, 5.41) is 39.0. The van der Waals surface area contributed by atoms with Crippen LogP contribution in [0.25, 0.3) is 21.8 Å². The third kappa shape index (κ3) is 12.0. The normalized spacial score (nSPS) is 10.8. The zero-order chi connectivity index (χ0) is 47.8. The van der Waals surface area contributed by atoms with Gasteiger partial charge in [0.25, 0.3) is 5.69 Å². The van der Waals surface area contributed by atoms with E-state index in [4.69, 9.17) is 41.6 Å². The summed E-state index contributed by atoms with van der Waals surface area (Å²) in [5.74, 6) is 1.91. The number of hydrogen-bond donors (Lipinski definition) is 6. The van der Waals surface area contributed by atoms with Gasteiger partial charge in [0.15, 0.2) is 0 Å². The maximum Gasteiger partial charge on any atom is 0.424 e. The van der Waals surface area contributed by atoms with E-state index < -0.39 is 11.0 Å². The number of oxime groups is 2. The maximum absolute atomic E-state index is 12.8. The number of nitrogens with zero attached hydrogens (tertiary/aromatic N) is 9. The summed E-state index contributed by atoms with van der Waals surface area (Å²) >= 11 is 0. The van der Waals surface area contributed by atoms with E-state index in [1.54, 1.807) is 49.4 Å². The summed E-state index contributed by atoms with van der Waals surface area (Å²) in [7, 11) is 2.80. The molecular formula is C42H45N13O11. The van der Waals surface area contributed by atoms with Crippen molar-refractivity contribution in [3.05, 3.63) is 118 Å². The number of ether oxygens (including phenoxy) is 3. The number of nitro groups is 1. The van der Waals surface area contributed by atoms with Crippen molar-refractivity contribution in [2.75, 3.05) is 52.0 Å². The van der Waals surface area contributed by atoms with E-state index in [0.29, 0.717) is 51.3 Å². The Morgan fingerprint density at radius 3 is 1.67 bits per heavy atom. The molecule has 0 atom stereocenters. The molecule has 7 rings (SSSR count). The van der Waals surface area contributed by atoms with E-state index in [-0.39, 0.29) is 60.6 Å². The van der Waals surface area contributed by atoms with Gasteiger partial charge < -0.3 is 56.6 Å². The van der Waals surface area contributed by atoms with Crippen LogP contribution >= 0.6 is 0 Å². The second-order valence-corrected chi connectivity index (χ2v) is 13.3. The average molecular weight is 908 g/mol. The van der Waals surface area contributed by atoms with Crippen molar-refractivity contribution < 1.29 is 48.6 Å². The first-order valence-corrected chi connectivity index (χ1v) is 19.4. The third-order valence-corrected chi connectivity index (χ3v) is 8.83. The van der Waals surface area contributed by atoms with Crippen molar-refractivity contribution in [3.8, 4) is 29.0 Å². The number of anilines is 2. The topological polar surface area (TPSA) is 340 Å². The molecule has 344 valence electrons. The van der Waals surface area contributed by atoms with Crippen molar-refractivity contribution in [1.82, 2.24) is 34.4 Å². The van der Waals surface area contributed by atoms with Gasteiger partial charge in [-0.2, -0.15) is 0 Å². The predicted molar refractivity (Wildman–Crippen MR) is 242 cm³/mol. The van der Waals surface area contributed by atoms with E-state index in [2.05, 4.69) is 45.2 Å². The molecule has 24 nitrogen and oxygen atoms in total. The number of nitrogens with two attached hydrogens (primary N) is 3. The van der Waals surface area contributed by atoms with Crippen LogP contribution in [0.15, 0.2) is 95.8 Å². The summed E-state index contributed by atoms with van der Waals surface area (Å²) < 4.78 is 20.0. The second kappa shape index (κ2) is 23.1. The highest BCUT2D eigenvalue weighted by molar-refractivity contribution is 5.94. The van der Waals surface area contributed by atoms with Crippen molar-refractivity contribution in [2.24, 2.45) is 16.0 Å². The number of aliphatic hydroxyl groups is 2. The van der Waals surface area contributed by atoms with Crippen LogP contribution in [0.1, 0.15) is 22.5 Å². The molecule has 0 aliphatic rings. The number of nitrogen functional groups attached to an aromatic ring is 2. The first-order chi connectivity index (χ1) is 31.8. The number of amides is 1. The van der Waals surface area contributed by atoms with Crippen LogP contribution in [0.5, 0.6) is 29.0 Å². The average Bonchev–Trinajstić information content (AvgIpc) is 3.82. The Kier molecular flexibility index (Phi) is 16.9. The highest BCUT2D eigenvalue weighted by atomic mass is 16.6. The van der Waals surface area contributed by atoms with Gasteiger partial charge in [-0.15, -0.1) is 0 Å². The molecule has 0 unspecified atom stereocenters. The number of aliphatic hydroxyl groups excluding tert-OH is 2. The fraction of sp³-hybridized carbons (Fsp3) is 0.190. The van der Waals surface area contributed by atoms with E-state index in [0.717, 1.165) is 11.1 Å². The Hall–Kier alpha value is -8.74. The Bertz CT molecular complexity index is 2860. The number of aromatic nitrogens is 6. The first-order valence-electron chi connectivity index (χ1n) is 19.4. The third-order valence-electron chi connectivity index (χ3n) is 8.83. The van der Waals surface area contributed by atoms with Gasteiger partial charge in [-0.1, -0.05) is 10.3 Å². The number of non-ortho nitro benzene ring substituents is 1. The fourth-order valence-electron chi connectivity index (χ4n) is 5.95. The zero-order valence-corrected chi connectivity index (χ0v) is 35.9. The second-order valence-electron chi connectivity index (χ2n) is 13.3. The van der Waals surface area contributed by atoms with Crippen LogP contribution in [0, 0.1) is 24.0 Å². The van der Waals surface area contributed by atoms with Gasteiger partial charge in [0.05, 0.1) is 41.6 Å². The number of nitrogens with one attached hydrogen (secondary N) is 1. The molecule has 24 heteroatoms. The first kappa shape index (κ1) is 48.3. The van der Waals surface area contributed by atoms with Gasteiger partial charge in [0.1, 0.15) is 66.9 Å². The molecule has 9 N–H and O–H groups in total. The lowest BCUT2D eigenvalue weighted by Crippen LogP contribution is -2.31. The molecule has 0 saturated heterocycles. The summed E-state index contributed by atoms with van der Waals surface area (Å²) in [6.07, 6.45) is 4.62. The quantitative estimate of drug-likeness (QED) is 0.0521.